The van der Waals surface area contributed by atoms with Crippen molar-refractivity contribution in [2.45, 2.75) is 26.7 Å². The molecule has 0 saturated heterocycles. The molecule has 0 aliphatic rings. The minimum atomic E-state index is -0.667. The molecule has 0 atom stereocenters. The lowest BCUT2D eigenvalue weighted by Gasteiger charge is -2.05. The van der Waals surface area contributed by atoms with E-state index in [1.54, 1.807) is 0 Å². The Kier molecular flexibility index (Phi) is 4.47. The molecule has 1 aromatic rings. The van der Waals surface area contributed by atoms with Crippen molar-refractivity contribution in [2.75, 3.05) is 0 Å². The molecule has 96 valence electrons. The van der Waals surface area contributed by atoms with Gasteiger partial charge in [-0.2, -0.15) is 0 Å². The molecule has 0 fully saturated rings. The molecule has 0 radical (unpaired) electrons. The van der Waals surface area contributed by atoms with Crippen molar-refractivity contribution in [1.82, 2.24) is 10.3 Å². The third-order valence-corrected chi connectivity index (χ3v) is 2.33. The third kappa shape index (κ3) is 3.09. The largest absolute Gasteiger partial charge is 0.367 e. The zero-order valence-corrected chi connectivity index (χ0v) is 10.1. The maximum absolute atomic E-state index is 11.7. The Morgan fingerprint density at radius 1 is 1.50 bits per heavy atom. The molecule has 7 heteroatoms. The van der Waals surface area contributed by atoms with Crippen LogP contribution in [-0.4, -0.2) is 21.7 Å². The van der Waals surface area contributed by atoms with Gasteiger partial charge in [-0.05, 0) is 29.3 Å². The van der Waals surface area contributed by atoms with Crippen LogP contribution in [0.3, 0.4) is 0 Å². The van der Waals surface area contributed by atoms with Crippen molar-refractivity contribution >= 4 is 17.6 Å². The van der Waals surface area contributed by atoms with Crippen molar-refractivity contribution in [3.05, 3.63) is 33.5 Å². The summed E-state index contributed by atoms with van der Waals surface area (Å²) in [6.07, 6.45) is 2.02. The fourth-order valence-electron chi connectivity index (χ4n) is 1.44. The summed E-state index contributed by atoms with van der Waals surface area (Å²) < 4.78 is 0. The van der Waals surface area contributed by atoms with E-state index in [2.05, 4.69) is 10.3 Å². The van der Waals surface area contributed by atoms with Crippen LogP contribution in [0.1, 0.15) is 35.7 Å². The molecule has 0 spiro atoms. The molecule has 18 heavy (non-hydrogen) atoms. The predicted molar refractivity (Wildman–Crippen MR) is 63.0 cm³/mol. The van der Waals surface area contributed by atoms with Crippen LogP contribution in [-0.2, 0) is 4.79 Å². The standard InChI is InChI=1S/C11H13N3O4/c1-3-4-9(15)13-11(16)8-5-6-12-10(7(8)2)14(17)18/h5-6H,3-4H2,1-2H3,(H,13,15,16). The van der Waals surface area contributed by atoms with E-state index >= 15 is 0 Å². The van der Waals surface area contributed by atoms with Crippen LogP contribution in [0, 0.1) is 17.0 Å². The number of amides is 2. The summed E-state index contributed by atoms with van der Waals surface area (Å²) in [5.41, 5.74) is 0.227. The SMILES string of the molecule is CCCC(=O)NC(=O)c1ccnc([N+](=O)[O-])c1C. The summed E-state index contributed by atoms with van der Waals surface area (Å²) in [5, 5.41) is 12.8. The molecule has 1 heterocycles. The molecule has 0 saturated carbocycles. The second-order valence-electron chi connectivity index (χ2n) is 3.69. The van der Waals surface area contributed by atoms with Crippen LogP contribution in [0.2, 0.25) is 0 Å². The number of pyridine rings is 1. The number of nitro groups is 1. The van der Waals surface area contributed by atoms with E-state index in [-0.39, 0.29) is 23.4 Å². The second kappa shape index (κ2) is 5.85. The molecule has 1 aromatic heterocycles. The van der Waals surface area contributed by atoms with Crippen molar-refractivity contribution in [3.63, 3.8) is 0 Å². The lowest BCUT2D eigenvalue weighted by Crippen LogP contribution is -2.30. The molecular formula is C11H13N3O4. The summed E-state index contributed by atoms with van der Waals surface area (Å²) in [6, 6.07) is 1.34. The van der Waals surface area contributed by atoms with E-state index in [1.165, 1.54) is 19.2 Å². The number of hydrogen-bond donors (Lipinski definition) is 1. The fraction of sp³-hybridized carbons (Fsp3) is 0.364. The molecule has 1 N–H and O–H groups in total. The predicted octanol–water partition coefficient (Wildman–Crippen LogP) is 1.35. The highest BCUT2D eigenvalue weighted by molar-refractivity contribution is 6.05. The zero-order chi connectivity index (χ0) is 13.7. The van der Waals surface area contributed by atoms with Gasteiger partial charge in [0.15, 0.2) is 0 Å². The van der Waals surface area contributed by atoms with E-state index in [9.17, 15) is 19.7 Å². The topological polar surface area (TPSA) is 102 Å². The van der Waals surface area contributed by atoms with Gasteiger partial charge in [0.2, 0.25) is 5.91 Å². The highest BCUT2D eigenvalue weighted by Gasteiger charge is 2.20. The molecule has 0 aromatic carbocycles. The number of nitrogens with zero attached hydrogens (tertiary/aromatic N) is 2. The molecule has 2 amide bonds. The van der Waals surface area contributed by atoms with E-state index in [4.69, 9.17) is 0 Å². The molecule has 0 aliphatic heterocycles. The Hall–Kier alpha value is -2.31. The summed E-state index contributed by atoms with van der Waals surface area (Å²) >= 11 is 0. The molecule has 0 aliphatic carbocycles. The van der Waals surface area contributed by atoms with Gasteiger partial charge in [-0.1, -0.05) is 6.92 Å². The summed E-state index contributed by atoms with van der Waals surface area (Å²) in [6.45, 7) is 3.23. The van der Waals surface area contributed by atoms with Crippen molar-refractivity contribution in [2.24, 2.45) is 0 Å². The van der Waals surface area contributed by atoms with Gasteiger partial charge in [0.05, 0.1) is 11.1 Å². The highest BCUT2D eigenvalue weighted by Crippen LogP contribution is 2.17. The van der Waals surface area contributed by atoms with Gasteiger partial charge in [-0.15, -0.1) is 0 Å². The van der Waals surface area contributed by atoms with E-state index in [1.807, 2.05) is 6.92 Å². The summed E-state index contributed by atoms with van der Waals surface area (Å²) in [7, 11) is 0. The number of rotatable bonds is 4. The monoisotopic (exact) mass is 251 g/mol. The van der Waals surface area contributed by atoms with Crippen LogP contribution in [0.25, 0.3) is 0 Å². The van der Waals surface area contributed by atoms with Crippen molar-refractivity contribution in [3.8, 4) is 0 Å². The van der Waals surface area contributed by atoms with Crippen LogP contribution in [0.4, 0.5) is 5.82 Å². The fourth-order valence-corrected chi connectivity index (χ4v) is 1.44. The average Bonchev–Trinajstić information content (AvgIpc) is 2.28. The molecular weight excluding hydrogens is 238 g/mol. The zero-order valence-electron chi connectivity index (χ0n) is 10.1. The van der Waals surface area contributed by atoms with Crippen molar-refractivity contribution in [1.29, 1.82) is 0 Å². The highest BCUT2D eigenvalue weighted by atomic mass is 16.6. The molecule has 1 rings (SSSR count). The van der Waals surface area contributed by atoms with Gasteiger partial charge in [-0.3, -0.25) is 14.9 Å². The smallest absolute Gasteiger partial charge is 0.358 e. The maximum atomic E-state index is 11.7. The van der Waals surface area contributed by atoms with Gasteiger partial charge < -0.3 is 10.1 Å². The van der Waals surface area contributed by atoms with E-state index < -0.39 is 16.7 Å². The van der Waals surface area contributed by atoms with Gasteiger partial charge in [-0.25, -0.2) is 0 Å². The van der Waals surface area contributed by atoms with Gasteiger partial charge in [0, 0.05) is 6.42 Å². The minimum Gasteiger partial charge on any atom is -0.358 e. The van der Waals surface area contributed by atoms with E-state index in [0.29, 0.717) is 6.42 Å². The Morgan fingerprint density at radius 2 is 2.17 bits per heavy atom. The van der Waals surface area contributed by atoms with Gasteiger partial charge >= 0.3 is 5.82 Å². The Labute approximate surface area is 103 Å². The van der Waals surface area contributed by atoms with Crippen LogP contribution in [0.5, 0.6) is 0 Å². The first-order valence-corrected chi connectivity index (χ1v) is 5.41. The molecule has 0 bridgehead atoms. The van der Waals surface area contributed by atoms with Crippen LogP contribution in [0.15, 0.2) is 12.3 Å². The Balaban J connectivity index is 2.96. The first-order valence-electron chi connectivity index (χ1n) is 5.41. The quantitative estimate of drug-likeness (QED) is 0.642. The van der Waals surface area contributed by atoms with Gasteiger partial charge in [0.1, 0.15) is 6.20 Å². The summed E-state index contributed by atoms with van der Waals surface area (Å²) in [5.74, 6) is -1.43. The lowest BCUT2D eigenvalue weighted by molar-refractivity contribution is -0.390. The number of nitrogens with one attached hydrogen (secondary N) is 1. The number of carbonyl (C=O) groups excluding carboxylic acids is 2. The third-order valence-electron chi connectivity index (χ3n) is 2.33. The normalized spacial score (nSPS) is 9.89. The number of carbonyl (C=O) groups is 2. The average molecular weight is 251 g/mol. The second-order valence-corrected chi connectivity index (χ2v) is 3.69. The Morgan fingerprint density at radius 3 is 2.72 bits per heavy atom. The first kappa shape index (κ1) is 13.8. The summed E-state index contributed by atoms with van der Waals surface area (Å²) in [4.78, 5) is 36.6. The first-order chi connectivity index (χ1) is 8.47. The minimum absolute atomic E-state index is 0.0844. The number of imide groups is 1. The molecule has 7 nitrogen and oxygen atoms in total. The number of aromatic nitrogens is 1. The van der Waals surface area contributed by atoms with Gasteiger partial charge in [0.25, 0.3) is 5.91 Å². The van der Waals surface area contributed by atoms with Crippen molar-refractivity contribution < 1.29 is 14.5 Å². The maximum Gasteiger partial charge on any atom is 0.367 e. The lowest BCUT2D eigenvalue weighted by atomic mass is 10.1. The van der Waals surface area contributed by atoms with E-state index in [0.717, 1.165) is 0 Å². The Bertz CT molecular complexity index is 499. The van der Waals surface area contributed by atoms with Crippen LogP contribution < -0.4 is 5.32 Å². The molecule has 0 unspecified atom stereocenters. The number of hydrogen-bond acceptors (Lipinski definition) is 5. The van der Waals surface area contributed by atoms with Crippen LogP contribution >= 0.6 is 0 Å².